The molecule has 110 valence electrons. The number of thioether (sulfide) groups is 1. The van der Waals surface area contributed by atoms with E-state index in [9.17, 15) is 8.78 Å². The number of nitrogens with zero attached hydrogens (tertiary/aromatic N) is 1. The van der Waals surface area contributed by atoms with Crippen molar-refractivity contribution in [2.45, 2.75) is 48.4 Å². The summed E-state index contributed by atoms with van der Waals surface area (Å²) in [6, 6.07) is 8.61. The molecular formula is C15H20F2N2S. The van der Waals surface area contributed by atoms with Crippen molar-refractivity contribution in [2.75, 3.05) is 18.4 Å². The summed E-state index contributed by atoms with van der Waals surface area (Å²) in [6.07, 6.45) is 5.02. The van der Waals surface area contributed by atoms with Crippen LogP contribution < -0.4 is 5.32 Å². The van der Waals surface area contributed by atoms with Crippen LogP contribution in [0.5, 0.6) is 0 Å². The third kappa shape index (κ3) is 3.44. The van der Waals surface area contributed by atoms with Crippen molar-refractivity contribution in [2.24, 2.45) is 0 Å². The quantitative estimate of drug-likeness (QED) is 0.845. The Bertz CT molecular complexity index is 438. The van der Waals surface area contributed by atoms with Gasteiger partial charge in [0.25, 0.3) is 5.76 Å². The second kappa shape index (κ2) is 6.31. The smallest absolute Gasteiger partial charge is 0.288 e. The molecule has 3 rings (SSSR count). The van der Waals surface area contributed by atoms with E-state index in [2.05, 4.69) is 10.2 Å². The Balaban J connectivity index is 1.55. The summed E-state index contributed by atoms with van der Waals surface area (Å²) < 4.78 is 24.5. The lowest BCUT2D eigenvalue weighted by Gasteiger charge is -2.35. The third-order valence-corrected chi connectivity index (χ3v) is 4.99. The second-order valence-corrected chi connectivity index (χ2v) is 6.66. The highest BCUT2D eigenvalue weighted by Gasteiger charge is 2.31. The largest absolute Gasteiger partial charge is 0.382 e. The number of piperidine rings is 1. The average Bonchev–Trinajstić information content (AvgIpc) is 2.88. The summed E-state index contributed by atoms with van der Waals surface area (Å²) >= 11 is 0.598. The molecule has 5 heteroatoms. The lowest BCUT2D eigenvalue weighted by atomic mass is 9.97. The Hall–Kier alpha value is -0.810. The summed E-state index contributed by atoms with van der Waals surface area (Å²) in [7, 11) is 0. The first-order chi connectivity index (χ1) is 9.70. The predicted octanol–water partition coefficient (Wildman–Crippen LogP) is 4.04. The van der Waals surface area contributed by atoms with Crippen LogP contribution in [0, 0.1) is 0 Å². The molecule has 2 fully saturated rings. The Morgan fingerprint density at radius 2 is 1.95 bits per heavy atom. The highest BCUT2D eigenvalue weighted by molar-refractivity contribution is 7.99. The summed E-state index contributed by atoms with van der Waals surface area (Å²) in [5, 5.41) is 3.55. The number of hydrogen-bond donors (Lipinski definition) is 1. The molecule has 2 saturated heterocycles. The van der Waals surface area contributed by atoms with E-state index < -0.39 is 5.76 Å². The fourth-order valence-electron chi connectivity index (χ4n) is 3.32. The lowest BCUT2D eigenvalue weighted by Crippen LogP contribution is -2.42. The van der Waals surface area contributed by atoms with Crippen molar-refractivity contribution in [3.63, 3.8) is 0 Å². The zero-order chi connectivity index (χ0) is 13.9. The van der Waals surface area contributed by atoms with Crippen molar-refractivity contribution in [3.05, 3.63) is 24.3 Å². The van der Waals surface area contributed by atoms with Gasteiger partial charge in [0.1, 0.15) is 0 Å². The highest BCUT2D eigenvalue weighted by Crippen LogP contribution is 2.30. The minimum absolute atomic E-state index is 0.517. The van der Waals surface area contributed by atoms with E-state index in [1.165, 1.54) is 38.8 Å². The van der Waals surface area contributed by atoms with Gasteiger partial charge in [0.15, 0.2) is 0 Å². The number of nitrogens with one attached hydrogen (secondary N) is 1. The van der Waals surface area contributed by atoms with E-state index in [1.807, 2.05) is 12.1 Å². The van der Waals surface area contributed by atoms with Gasteiger partial charge in [0.05, 0.1) is 0 Å². The number of alkyl halides is 2. The van der Waals surface area contributed by atoms with Gasteiger partial charge in [-0.2, -0.15) is 8.78 Å². The normalized spacial score (nSPS) is 26.8. The Morgan fingerprint density at radius 3 is 2.70 bits per heavy atom. The first kappa shape index (κ1) is 14.1. The Kier molecular flexibility index (Phi) is 4.46. The zero-order valence-electron chi connectivity index (χ0n) is 11.4. The van der Waals surface area contributed by atoms with E-state index in [0.717, 1.165) is 11.7 Å². The summed E-state index contributed by atoms with van der Waals surface area (Å²) in [6.45, 7) is 2.44. The number of hydrogen-bond acceptors (Lipinski definition) is 3. The van der Waals surface area contributed by atoms with Gasteiger partial charge in [0, 0.05) is 29.2 Å². The third-order valence-electron chi connectivity index (χ3n) is 4.27. The number of benzene rings is 1. The van der Waals surface area contributed by atoms with Crippen LogP contribution in [0.25, 0.3) is 0 Å². The lowest BCUT2D eigenvalue weighted by molar-refractivity contribution is 0.188. The maximum absolute atomic E-state index is 12.3. The van der Waals surface area contributed by atoms with Crippen molar-refractivity contribution in [3.8, 4) is 0 Å². The molecule has 0 aliphatic carbocycles. The van der Waals surface area contributed by atoms with Crippen LogP contribution in [0.3, 0.4) is 0 Å². The first-order valence-corrected chi connectivity index (χ1v) is 8.14. The van der Waals surface area contributed by atoms with Gasteiger partial charge in [0.2, 0.25) is 0 Å². The SMILES string of the molecule is FC(F)Sc1ccc(NC2CCN3CCCC3C2)cc1. The number of fused-ring (bicyclic) bond motifs is 1. The Morgan fingerprint density at radius 1 is 1.15 bits per heavy atom. The molecule has 2 atom stereocenters. The molecule has 2 unspecified atom stereocenters. The van der Waals surface area contributed by atoms with E-state index in [4.69, 9.17) is 0 Å². The van der Waals surface area contributed by atoms with E-state index in [1.54, 1.807) is 12.1 Å². The molecular weight excluding hydrogens is 278 g/mol. The molecule has 2 aliphatic rings. The van der Waals surface area contributed by atoms with Crippen molar-refractivity contribution >= 4 is 17.4 Å². The van der Waals surface area contributed by atoms with Gasteiger partial charge >= 0.3 is 0 Å². The number of anilines is 1. The van der Waals surface area contributed by atoms with Crippen LogP contribution >= 0.6 is 11.8 Å². The number of rotatable bonds is 4. The fourth-order valence-corrected chi connectivity index (χ4v) is 3.82. The maximum atomic E-state index is 12.3. The molecule has 0 bridgehead atoms. The predicted molar refractivity (Wildman–Crippen MR) is 79.5 cm³/mol. The van der Waals surface area contributed by atoms with Gasteiger partial charge in [-0.1, -0.05) is 11.8 Å². The monoisotopic (exact) mass is 298 g/mol. The summed E-state index contributed by atoms with van der Waals surface area (Å²) in [5.41, 5.74) is 1.04. The minimum Gasteiger partial charge on any atom is -0.382 e. The van der Waals surface area contributed by atoms with Crippen LogP contribution in [0.2, 0.25) is 0 Å². The van der Waals surface area contributed by atoms with Crippen molar-refractivity contribution < 1.29 is 8.78 Å². The molecule has 2 heterocycles. The summed E-state index contributed by atoms with van der Waals surface area (Å²) in [4.78, 5) is 3.22. The Labute approximate surface area is 122 Å². The van der Waals surface area contributed by atoms with E-state index >= 15 is 0 Å². The molecule has 1 aromatic carbocycles. The van der Waals surface area contributed by atoms with Gasteiger partial charge in [-0.3, -0.25) is 0 Å². The summed E-state index contributed by atoms with van der Waals surface area (Å²) in [5.74, 6) is -2.35. The molecule has 0 radical (unpaired) electrons. The van der Waals surface area contributed by atoms with Crippen LogP contribution in [0.15, 0.2) is 29.2 Å². The molecule has 0 saturated carbocycles. The van der Waals surface area contributed by atoms with Gasteiger partial charge in [-0.05, 0) is 56.5 Å². The molecule has 2 nitrogen and oxygen atoms in total. The van der Waals surface area contributed by atoms with Crippen LogP contribution in [-0.4, -0.2) is 35.8 Å². The number of halogens is 2. The minimum atomic E-state index is -2.35. The van der Waals surface area contributed by atoms with Crippen molar-refractivity contribution in [1.82, 2.24) is 4.90 Å². The second-order valence-electron chi connectivity index (χ2n) is 5.60. The van der Waals surface area contributed by atoms with Crippen LogP contribution in [-0.2, 0) is 0 Å². The topological polar surface area (TPSA) is 15.3 Å². The van der Waals surface area contributed by atoms with Gasteiger partial charge < -0.3 is 10.2 Å². The van der Waals surface area contributed by atoms with Crippen LogP contribution in [0.4, 0.5) is 14.5 Å². The van der Waals surface area contributed by atoms with Crippen molar-refractivity contribution in [1.29, 1.82) is 0 Å². The molecule has 0 amide bonds. The molecule has 20 heavy (non-hydrogen) atoms. The molecule has 0 spiro atoms. The molecule has 0 aromatic heterocycles. The zero-order valence-corrected chi connectivity index (χ0v) is 12.2. The molecule has 1 aromatic rings. The van der Waals surface area contributed by atoms with E-state index in [0.29, 0.717) is 22.7 Å². The molecule has 1 N–H and O–H groups in total. The fraction of sp³-hybridized carbons (Fsp3) is 0.600. The van der Waals surface area contributed by atoms with Gasteiger partial charge in [-0.25, -0.2) is 0 Å². The first-order valence-electron chi connectivity index (χ1n) is 7.26. The maximum Gasteiger partial charge on any atom is 0.288 e. The highest BCUT2D eigenvalue weighted by atomic mass is 32.2. The average molecular weight is 298 g/mol. The van der Waals surface area contributed by atoms with Gasteiger partial charge in [-0.15, -0.1) is 0 Å². The van der Waals surface area contributed by atoms with E-state index in [-0.39, 0.29) is 0 Å². The van der Waals surface area contributed by atoms with Crippen LogP contribution in [0.1, 0.15) is 25.7 Å². The standard InChI is InChI=1S/C15H20F2N2S/c16-15(17)20-14-5-3-11(4-6-14)18-12-7-9-19-8-1-2-13(19)10-12/h3-6,12-13,15,18H,1-2,7-10H2. The molecule has 2 aliphatic heterocycles.